The summed E-state index contributed by atoms with van der Waals surface area (Å²) in [5, 5.41) is 5.33. The SMILES string of the molecule is O=C(CSCC(=O)Nc1ccc(N2CCCS2(=O)=O)cc1)Nc1ccc(F)cc1. The first-order chi connectivity index (χ1) is 13.8. The lowest BCUT2D eigenvalue weighted by Crippen LogP contribution is -2.25. The Hall–Kier alpha value is -2.59. The average Bonchev–Trinajstić information content (AvgIpc) is 3.03. The van der Waals surface area contributed by atoms with Gasteiger partial charge in [-0.1, -0.05) is 0 Å². The zero-order valence-corrected chi connectivity index (χ0v) is 17.1. The van der Waals surface area contributed by atoms with Crippen LogP contribution in [0.2, 0.25) is 0 Å². The summed E-state index contributed by atoms with van der Waals surface area (Å²) in [5.74, 6) is -0.631. The predicted molar refractivity (Wildman–Crippen MR) is 113 cm³/mol. The minimum Gasteiger partial charge on any atom is -0.325 e. The molecule has 1 saturated heterocycles. The molecule has 0 unspecified atom stereocenters. The second-order valence-corrected chi connectivity index (χ2v) is 9.38. The standard InChI is InChI=1S/C19H20FN3O4S2/c20-14-2-4-15(5-3-14)21-18(24)12-28-13-19(25)22-16-6-8-17(9-7-16)23-10-1-11-29(23,26)27/h2-9H,1,10-13H2,(H,21,24)(H,22,25). The molecule has 154 valence electrons. The van der Waals surface area contributed by atoms with Gasteiger partial charge in [0.1, 0.15) is 5.82 Å². The molecule has 0 aromatic heterocycles. The fourth-order valence-corrected chi connectivity index (χ4v) is 4.99. The number of anilines is 3. The third-order valence-corrected chi connectivity index (χ3v) is 6.93. The number of amides is 2. The van der Waals surface area contributed by atoms with Crippen LogP contribution in [-0.4, -0.2) is 44.0 Å². The van der Waals surface area contributed by atoms with Crippen LogP contribution in [0, 0.1) is 5.82 Å². The van der Waals surface area contributed by atoms with Crippen molar-refractivity contribution in [3.63, 3.8) is 0 Å². The van der Waals surface area contributed by atoms with Crippen LogP contribution in [0.3, 0.4) is 0 Å². The van der Waals surface area contributed by atoms with Gasteiger partial charge >= 0.3 is 0 Å². The number of sulfonamides is 1. The van der Waals surface area contributed by atoms with Crippen molar-refractivity contribution in [1.29, 1.82) is 0 Å². The van der Waals surface area contributed by atoms with Gasteiger partial charge in [0.05, 0.1) is 22.9 Å². The lowest BCUT2D eigenvalue weighted by Gasteiger charge is -2.17. The molecule has 1 heterocycles. The zero-order chi connectivity index (χ0) is 20.9. The van der Waals surface area contributed by atoms with Crippen LogP contribution in [0.25, 0.3) is 0 Å². The van der Waals surface area contributed by atoms with Crippen LogP contribution in [-0.2, 0) is 19.6 Å². The normalized spacial score (nSPS) is 15.1. The van der Waals surface area contributed by atoms with E-state index in [-0.39, 0.29) is 34.9 Å². The highest BCUT2D eigenvalue weighted by molar-refractivity contribution is 8.00. The highest BCUT2D eigenvalue weighted by Crippen LogP contribution is 2.25. The van der Waals surface area contributed by atoms with Crippen LogP contribution >= 0.6 is 11.8 Å². The van der Waals surface area contributed by atoms with E-state index in [2.05, 4.69) is 10.6 Å². The number of halogens is 1. The van der Waals surface area contributed by atoms with Gasteiger partial charge in [0.15, 0.2) is 0 Å². The summed E-state index contributed by atoms with van der Waals surface area (Å²) < 4.78 is 38.1. The summed E-state index contributed by atoms with van der Waals surface area (Å²) in [4.78, 5) is 23.9. The van der Waals surface area contributed by atoms with E-state index in [0.29, 0.717) is 30.0 Å². The molecular formula is C19H20FN3O4S2. The zero-order valence-electron chi connectivity index (χ0n) is 15.4. The van der Waals surface area contributed by atoms with Crippen molar-refractivity contribution in [3.8, 4) is 0 Å². The van der Waals surface area contributed by atoms with Crippen LogP contribution in [0.1, 0.15) is 6.42 Å². The number of nitrogens with one attached hydrogen (secondary N) is 2. The van der Waals surface area contributed by atoms with Gasteiger partial charge in [-0.25, -0.2) is 12.8 Å². The number of rotatable bonds is 7. The summed E-state index contributed by atoms with van der Waals surface area (Å²) in [6.07, 6.45) is 0.604. The van der Waals surface area contributed by atoms with E-state index in [0.717, 1.165) is 11.8 Å². The van der Waals surface area contributed by atoms with Crippen molar-refractivity contribution in [2.45, 2.75) is 6.42 Å². The Kier molecular flexibility index (Phi) is 6.75. The summed E-state index contributed by atoms with van der Waals surface area (Å²) in [6, 6.07) is 12.0. The van der Waals surface area contributed by atoms with Crippen LogP contribution in [0.15, 0.2) is 48.5 Å². The Balaban J connectivity index is 1.42. The molecule has 7 nitrogen and oxygen atoms in total. The monoisotopic (exact) mass is 437 g/mol. The molecule has 3 rings (SSSR count). The van der Waals surface area contributed by atoms with Gasteiger partial charge in [-0.3, -0.25) is 13.9 Å². The van der Waals surface area contributed by atoms with Gasteiger partial charge in [-0.2, -0.15) is 0 Å². The number of hydrogen-bond donors (Lipinski definition) is 2. The Labute approximate surface area is 172 Å². The molecule has 29 heavy (non-hydrogen) atoms. The average molecular weight is 438 g/mol. The quantitative estimate of drug-likeness (QED) is 0.694. The summed E-state index contributed by atoms with van der Waals surface area (Å²) >= 11 is 1.15. The third-order valence-electron chi connectivity index (χ3n) is 4.13. The van der Waals surface area contributed by atoms with E-state index in [1.54, 1.807) is 24.3 Å². The molecule has 2 amide bonds. The van der Waals surface area contributed by atoms with Gasteiger partial charge in [0.25, 0.3) is 0 Å². The molecule has 10 heteroatoms. The molecule has 0 saturated carbocycles. The van der Waals surface area contributed by atoms with E-state index in [1.807, 2.05) is 0 Å². The minimum atomic E-state index is -3.23. The fourth-order valence-electron chi connectivity index (χ4n) is 2.80. The first-order valence-electron chi connectivity index (χ1n) is 8.87. The first kappa shape index (κ1) is 21.1. The predicted octanol–water partition coefficient (Wildman–Crippen LogP) is 2.68. The lowest BCUT2D eigenvalue weighted by molar-refractivity contribution is -0.114. The summed E-state index contributed by atoms with van der Waals surface area (Å²) in [7, 11) is -3.23. The summed E-state index contributed by atoms with van der Waals surface area (Å²) in [5.41, 5.74) is 1.61. The molecule has 2 aromatic carbocycles. The van der Waals surface area contributed by atoms with Gasteiger partial charge < -0.3 is 10.6 Å². The van der Waals surface area contributed by atoms with Gasteiger partial charge in [-0.15, -0.1) is 11.8 Å². The molecule has 0 radical (unpaired) electrons. The molecule has 0 aliphatic carbocycles. The number of thioether (sulfide) groups is 1. The lowest BCUT2D eigenvalue weighted by atomic mass is 10.2. The Bertz CT molecular complexity index is 980. The van der Waals surface area contributed by atoms with E-state index < -0.39 is 10.0 Å². The number of hydrogen-bond acceptors (Lipinski definition) is 5. The molecule has 0 atom stereocenters. The Morgan fingerprint density at radius 1 is 0.931 bits per heavy atom. The van der Waals surface area contributed by atoms with Crippen molar-refractivity contribution in [2.75, 3.05) is 38.7 Å². The molecule has 1 fully saturated rings. The largest absolute Gasteiger partial charge is 0.325 e. The molecule has 2 aromatic rings. The molecule has 2 N–H and O–H groups in total. The highest BCUT2D eigenvalue weighted by atomic mass is 32.2. The van der Waals surface area contributed by atoms with Gasteiger partial charge in [-0.05, 0) is 55.0 Å². The van der Waals surface area contributed by atoms with Crippen molar-refractivity contribution in [2.24, 2.45) is 0 Å². The number of nitrogens with zero attached hydrogens (tertiary/aromatic N) is 1. The Morgan fingerprint density at radius 3 is 1.93 bits per heavy atom. The van der Waals surface area contributed by atoms with Crippen LogP contribution < -0.4 is 14.9 Å². The number of carbonyl (C=O) groups is 2. The highest BCUT2D eigenvalue weighted by Gasteiger charge is 2.28. The molecular weight excluding hydrogens is 417 g/mol. The van der Waals surface area contributed by atoms with Gasteiger partial charge in [0.2, 0.25) is 21.8 Å². The maximum Gasteiger partial charge on any atom is 0.235 e. The third kappa shape index (κ3) is 5.94. The molecule has 1 aliphatic heterocycles. The van der Waals surface area contributed by atoms with Crippen molar-refractivity contribution in [3.05, 3.63) is 54.3 Å². The minimum absolute atomic E-state index is 0.0799. The maximum absolute atomic E-state index is 12.8. The Morgan fingerprint density at radius 2 is 1.45 bits per heavy atom. The number of carbonyl (C=O) groups excluding carboxylic acids is 2. The van der Waals surface area contributed by atoms with E-state index >= 15 is 0 Å². The number of benzene rings is 2. The second-order valence-electron chi connectivity index (χ2n) is 6.38. The first-order valence-corrected chi connectivity index (χ1v) is 11.6. The maximum atomic E-state index is 12.8. The van der Waals surface area contributed by atoms with E-state index in [4.69, 9.17) is 0 Å². The smallest absolute Gasteiger partial charge is 0.235 e. The van der Waals surface area contributed by atoms with Crippen LogP contribution in [0.5, 0.6) is 0 Å². The molecule has 0 spiro atoms. The van der Waals surface area contributed by atoms with Gasteiger partial charge in [0, 0.05) is 17.9 Å². The van der Waals surface area contributed by atoms with Crippen molar-refractivity contribution in [1.82, 2.24) is 0 Å². The topological polar surface area (TPSA) is 95.6 Å². The van der Waals surface area contributed by atoms with Crippen molar-refractivity contribution < 1.29 is 22.4 Å². The van der Waals surface area contributed by atoms with E-state index in [1.165, 1.54) is 28.6 Å². The fraction of sp³-hybridized carbons (Fsp3) is 0.263. The van der Waals surface area contributed by atoms with Crippen molar-refractivity contribution >= 4 is 50.7 Å². The molecule has 1 aliphatic rings. The van der Waals surface area contributed by atoms with E-state index in [9.17, 15) is 22.4 Å². The second kappa shape index (κ2) is 9.27. The summed E-state index contributed by atoms with van der Waals surface area (Å²) in [6.45, 7) is 0.463. The van der Waals surface area contributed by atoms with Crippen LogP contribution in [0.4, 0.5) is 21.5 Å². The molecule has 0 bridgehead atoms.